The summed E-state index contributed by atoms with van der Waals surface area (Å²) in [6.07, 6.45) is 1.80. The number of piperidine rings is 1. The van der Waals surface area contributed by atoms with E-state index in [-0.39, 0.29) is 24.6 Å². The Kier molecular flexibility index (Phi) is 4.10. The number of hydrogen-bond acceptors (Lipinski definition) is 5. The standard InChI is InChI=1S/C11H17N5O3/c12-8(17)3-6-16-10(7-1-4-13-5-2-7)9(11(18)19)14-15-16/h7,13H,1-6H2,(H2,12,17)(H,18,19). The molecule has 4 N–H and O–H groups in total. The van der Waals surface area contributed by atoms with Crippen molar-refractivity contribution in [1.29, 1.82) is 0 Å². The Bertz CT molecular complexity index is 479. The lowest BCUT2D eigenvalue weighted by atomic mass is 9.93. The van der Waals surface area contributed by atoms with Crippen LogP contribution in [0.1, 0.15) is 41.4 Å². The maximum absolute atomic E-state index is 11.2. The summed E-state index contributed by atoms with van der Waals surface area (Å²) >= 11 is 0. The van der Waals surface area contributed by atoms with Crippen LogP contribution in [0.5, 0.6) is 0 Å². The Morgan fingerprint density at radius 3 is 2.68 bits per heavy atom. The molecular weight excluding hydrogens is 250 g/mol. The first-order valence-corrected chi connectivity index (χ1v) is 6.25. The summed E-state index contributed by atoms with van der Waals surface area (Å²) in [7, 11) is 0. The number of carboxylic acids is 1. The number of primary amides is 1. The van der Waals surface area contributed by atoms with Crippen molar-refractivity contribution in [2.45, 2.75) is 31.7 Å². The zero-order valence-corrected chi connectivity index (χ0v) is 10.5. The fraction of sp³-hybridized carbons (Fsp3) is 0.636. The van der Waals surface area contributed by atoms with E-state index < -0.39 is 11.9 Å². The number of amides is 1. The number of nitrogens with two attached hydrogens (primary N) is 1. The van der Waals surface area contributed by atoms with Gasteiger partial charge in [0.05, 0.1) is 12.2 Å². The van der Waals surface area contributed by atoms with E-state index in [1.54, 1.807) is 0 Å². The van der Waals surface area contributed by atoms with Gasteiger partial charge in [0, 0.05) is 12.3 Å². The van der Waals surface area contributed by atoms with Gasteiger partial charge in [0.1, 0.15) is 0 Å². The molecule has 0 atom stereocenters. The summed E-state index contributed by atoms with van der Waals surface area (Å²) < 4.78 is 1.50. The van der Waals surface area contributed by atoms with Crippen molar-refractivity contribution >= 4 is 11.9 Å². The second-order valence-corrected chi connectivity index (χ2v) is 4.59. The third-order valence-corrected chi connectivity index (χ3v) is 3.27. The fourth-order valence-corrected chi connectivity index (χ4v) is 2.35. The smallest absolute Gasteiger partial charge is 0.358 e. The zero-order valence-electron chi connectivity index (χ0n) is 10.5. The molecule has 2 heterocycles. The van der Waals surface area contributed by atoms with Gasteiger partial charge in [-0.1, -0.05) is 5.21 Å². The van der Waals surface area contributed by atoms with Crippen molar-refractivity contribution < 1.29 is 14.7 Å². The van der Waals surface area contributed by atoms with Crippen LogP contribution >= 0.6 is 0 Å². The lowest BCUT2D eigenvalue weighted by Gasteiger charge is -2.23. The van der Waals surface area contributed by atoms with Crippen LogP contribution in [0.15, 0.2) is 0 Å². The van der Waals surface area contributed by atoms with Crippen LogP contribution in [-0.2, 0) is 11.3 Å². The van der Waals surface area contributed by atoms with Crippen LogP contribution in [0.25, 0.3) is 0 Å². The highest BCUT2D eigenvalue weighted by atomic mass is 16.4. The number of carbonyl (C=O) groups is 2. The van der Waals surface area contributed by atoms with E-state index in [0.29, 0.717) is 5.69 Å². The van der Waals surface area contributed by atoms with Crippen molar-refractivity contribution in [3.8, 4) is 0 Å². The summed E-state index contributed by atoms with van der Waals surface area (Å²) in [5.74, 6) is -1.42. The molecule has 8 heteroatoms. The molecule has 0 aromatic carbocycles. The van der Waals surface area contributed by atoms with Crippen LogP contribution in [0, 0.1) is 0 Å². The summed E-state index contributed by atoms with van der Waals surface area (Å²) in [6, 6.07) is 0. The third kappa shape index (κ3) is 3.08. The fourth-order valence-electron chi connectivity index (χ4n) is 2.35. The molecule has 1 amide bonds. The Labute approximate surface area is 110 Å². The Morgan fingerprint density at radius 2 is 2.11 bits per heavy atom. The first-order valence-electron chi connectivity index (χ1n) is 6.25. The lowest BCUT2D eigenvalue weighted by Crippen LogP contribution is -2.29. The van der Waals surface area contributed by atoms with Crippen LogP contribution in [-0.4, -0.2) is 45.1 Å². The van der Waals surface area contributed by atoms with Crippen molar-refractivity contribution in [3.63, 3.8) is 0 Å². The summed E-state index contributed by atoms with van der Waals surface area (Å²) in [5.41, 5.74) is 5.70. The highest BCUT2D eigenvalue weighted by Gasteiger charge is 2.27. The molecule has 8 nitrogen and oxygen atoms in total. The topological polar surface area (TPSA) is 123 Å². The molecule has 0 bridgehead atoms. The number of aryl methyl sites for hydroxylation is 1. The highest BCUT2D eigenvalue weighted by Crippen LogP contribution is 2.27. The minimum atomic E-state index is -1.08. The average molecular weight is 267 g/mol. The molecule has 1 aromatic rings. The number of nitrogens with zero attached hydrogens (tertiary/aromatic N) is 3. The van der Waals surface area contributed by atoms with E-state index in [4.69, 9.17) is 10.8 Å². The van der Waals surface area contributed by atoms with Gasteiger partial charge in [0.15, 0.2) is 5.69 Å². The number of hydrogen-bond donors (Lipinski definition) is 3. The maximum Gasteiger partial charge on any atom is 0.358 e. The molecule has 1 fully saturated rings. The molecular formula is C11H17N5O3. The monoisotopic (exact) mass is 267 g/mol. The predicted molar refractivity (Wildman–Crippen MR) is 65.6 cm³/mol. The van der Waals surface area contributed by atoms with Crippen molar-refractivity contribution in [2.75, 3.05) is 13.1 Å². The molecule has 0 unspecified atom stereocenters. The Morgan fingerprint density at radius 1 is 1.42 bits per heavy atom. The largest absolute Gasteiger partial charge is 0.476 e. The molecule has 0 radical (unpaired) electrons. The van der Waals surface area contributed by atoms with Crippen LogP contribution < -0.4 is 11.1 Å². The minimum Gasteiger partial charge on any atom is -0.476 e. The number of aromatic carboxylic acids is 1. The predicted octanol–water partition coefficient (Wildman–Crippen LogP) is -0.681. The van der Waals surface area contributed by atoms with Gasteiger partial charge in [-0.25, -0.2) is 9.48 Å². The number of carboxylic acid groups (broad SMARTS) is 1. The molecule has 2 rings (SSSR count). The van der Waals surface area contributed by atoms with Gasteiger partial charge in [-0.3, -0.25) is 4.79 Å². The molecule has 0 saturated carbocycles. The first-order chi connectivity index (χ1) is 9.09. The number of carbonyl (C=O) groups excluding carboxylic acids is 1. The lowest BCUT2D eigenvalue weighted by molar-refractivity contribution is -0.118. The van der Waals surface area contributed by atoms with Gasteiger partial charge in [-0.2, -0.15) is 0 Å². The Balaban J connectivity index is 2.26. The molecule has 0 aliphatic carbocycles. The number of nitrogens with one attached hydrogen (secondary N) is 1. The average Bonchev–Trinajstić information content (AvgIpc) is 2.81. The number of aromatic nitrogens is 3. The van der Waals surface area contributed by atoms with Gasteiger partial charge in [-0.05, 0) is 25.9 Å². The summed E-state index contributed by atoms with van der Waals surface area (Å²) in [5, 5.41) is 19.9. The van der Waals surface area contributed by atoms with Gasteiger partial charge < -0.3 is 16.2 Å². The van der Waals surface area contributed by atoms with Crippen LogP contribution in [0.4, 0.5) is 0 Å². The maximum atomic E-state index is 11.2. The van der Waals surface area contributed by atoms with Crippen LogP contribution in [0.2, 0.25) is 0 Å². The summed E-state index contributed by atoms with van der Waals surface area (Å²) in [4.78, 5) is 22.0. The second-order valence-electron chi connectivity index (χ2n) is 4.59. The van der Waals surface area contributed by atoms with Crippen molar-refractivity contribution in [3.05, 3.63) is 11.4 Å². The van der Waals surface area contributed by atoms with Gasteiger partial charge >= 0.3 is 5.97 Å². The highest BCUT2D eigenvalue weighted by molar-refractivity contribution is 5.86. The van der Waals surface area contributed by atoms with Gasteiger partial charge in [-0.15, -0.1) is 5.10 Å². The zero-order chi connectivity index (χ0) is 13.8. The van der Waals surface area contributed by atoms with Gasteiger partial charge in [0.2, 0.25) is 5.91 Å². The minimum absolute atomic E-state index is 0.0172. The quantitative estimate of drug-likeness (QED) is 0.649. The van der Waals surface area contributed by atoms with E-state index >= 15 is 0 Å². The second kappa shape index (κ2) is 5.79. The van der Waals surface area contributed by atoms with Crippen molar-refractivity contribution in [1.82, 2.24) is 20.3 Å². The molecule has 1 aromatic heterocycles. The van der Waals surface area contributed by atoms with Crippen LogP contribution in [0.3, 0.4) is 0 Å². The van der Waals surface area contributed by atoms with E-state index in [1.165, 1.54) is 4.68 Å². The van der Waals surface area contributed by atoms with E-state index in [2.05, 4.69) is 15.6 Å². The third-order valence-electron chi connectivity index (χ3n) is 3.27. The first kappa shape index (κ1) is 13.5. The summed E-state index contributed by atoms with van der Waals surface area (Å²) in [6.45, 7) is 1.95. The normalized spacial score (nSPS) is 16.4. The molecule has 1 saturated heterocycles. The molecule has 19 heavy (non-hydrogen) atoms. The SMILES string of the molecule is NC(=O)CCn1nnc(C(=O)O)c1C1CCNCC1. The van der Waals surface area contributed by atoms with E-state index in [1.807, 2.05) is 0 Å². The van der Waals surface area contributed by atoms with E-state index in [0.717, 1.165) is 25.9 Å². The number of rotatable bonds is 5. The molecule has 1 aliphatic heterocycles. The van der Waals surface area contributed by atoms with Crippen molar-refractivity contribution in [2.24, 2.45) is 5.73 Å². The Hall–Kier alpha value is -1.96. The van der Waals surface area contributed by atoms with Gasteiger partial charge in [0.25, 0.3) is 0 Å². The molecule has 1 aliphatic rings. The molecule has 0 spiro atoms. The molecule has 104 valence electrons. The van der Waals surface area contributed by atoms with E-state index in [9.17, 15) is 9.59 Å².